The van der Waals surface area contributed by atoms with E-state index < -0.39 is 0 Å². The smallest absolute Gasteiger partial charge is 0.136 e. The van der Waals surface area contributed by atoms with Crippen LogP contribution in [-0.4, -0.2) is 61.6 Å². The van der Waals surface area contributed by atoms with E-state index in [1.807, 2.05) is 0 Å². The maximum absolute atomic E-state index is 3.92. The van der Waals surface area contributed by atoms with E-state index in [0.29, 0.717) is 33.5 Å². The molecule has 12 nitrogen and oxygen atoms in total. The Morgan fingerprint density at radius 1 is 0.500 bits per heavy atom. The molecular formula is C8H2N12. The summed E-state index contributed by atoms with van der Waals surface area (Å²) in [5.41, 5.74) is 2.28. The van der Waals surface area contributed by atoms with Gasteiger partial charge in [-0.15, -0.1) is 40.8 Å². The number of fused-ring (bicyclic) bond motifs is 2. The van der Waals surface area contributed by atoms with E-state index in [1.165, 1.54) is 12.4 Å². The third-order valence-electron chi connectivity index (χ3n) is 2.51. The highest BCUT2D eigenvalue weighted by molar-refractivity contribution is 5.94. The Kier molecular flexibility index (Phi) is 2.12. The van der Waals surface area contributed by atoms with Crippen molar-refractivity contribution in [3.8, 4) is 11.4 Å². The molecule has 0 unspecified atom stereocenters. The summed E-state index contributed by atoms with van der Waals surface area (Å²) in [4.78, 5) is 0. The summed E-state index contributed by atoms with van der Waals surface area (Å²) in [5.74, 6) is 0. The van der Waals surface area contributed by atoms with Crippen LogP contribution in [0.15, 0.2) is 12.4 Å². The Morgan fingerprint density at radius 3 is 1.50 bits per heavy atom. The first-order chi connectivity index (χ1) is 9.93. The van der Waals surface area contributed by atoms with Gasteiger partial charge in [0.05, 0.1) is 12.4 Å². The number of hydrogen-bond acceptors (Lipinski definition) is 12. The van der Waals surface area contributed by atoms with E-state index in [0.717, 1.165) is 0 Å². The molecule has 0 aliphatic rings. The molecule has 0 fully saturated rings. The second-order valence-corrected chi connectivity index (χ2v) is 3.61. The molecule has 4 heterocycles. The summed E-state index contributed by atoms with van der Waals surface area (Å²) in [6.45, 7) is 0. The fourth-order valence-corrected chi connectivity index (χ4v) is 1.65. The largest absolute Gasteiger partial charge is 0.147 e. The van der Waals surface area contributed by atoms with E-state index in [2.05, 4.69) is 61.6 Å². The third-order valence-corrected chi connectivity index (χ3v) is 2.51. The van der Waals surface area contributed by atoms with Crippen LogP contribution in [0.4, 0.5) is 0 Å². The van der Waals surface area contributed by atoms with E-state index in [-0.39, 0.29) is 0 Å². The van der Waals surface area contributed by atoms with Crippen molar-refractivity contribution in [1.29, 1.82) is 0 Å². The molecule has 20 heavy (non-hydrogen) atoms. The number of aromatic nitrogens is 12. The molecule has 0 spiro atoms. The maximum atomic E-state index is 3.92. The lowest BCUT2D eigenvalue weighted by molar-refractivity contribution is 0.828. The van der Waals surface area contributed by atoms with Crippen LogP contribution in [0.1, 0.15) is 0 Å². The minimum atomic E-state index is 0.324. The second kappa shape index (κ2) is 4.04. The fraction of sp³-hybridized carbons (Fsp3) is 0. The summed E-state index contributed by atoms with van der Waals surface area (Å²) in [6.07, 6.45) is 2.84. The molecule has 0 N–H and O–H groups in total. The van der Waals surface area contributed by atoms with Gasteiger partial charge in [-0.05, 0) is 20.9 Å². The Morgan fingerprint density at radius 2 is 1.00 bits per heavy atom. The van der Waals surface area contributed by atoms with Gasteiger partial charge in [-0.3, -0.25) is 0 Å². The lowest BCUT2D eigenvalue weighted by Gasteiger charge is -2.01. The molecule has 0 aliphatic carbocycles. The van der Waals surface area contributed by atoms with Crippen molar-refractivity contribution in [2.75, 3.05) is 0 Å². The normalized spacial score (nSPS) is 11.0. The first-order valence-corrected chi connectivity index (χ1v) is 5.29. The molecule has 0 aromatic carbocycles. The van der Waals surface area contributed by atoms with Crippen LogP contribution in [0.5, 0.6) is 0 Å². The first-order valence-electron chi connectivity index (χ1n) is 5.29. The van der Waals surface area contributed by atoms with Gasteiger partial charge in [0.25, 0.3) is 0 Å². The molecule has 4 rings (SSSR count). The molecule has 0 atom stereocenters. The minimum absolute atomic E-state index is 0.324. The quantitative estimate of drug-likeness (QED) is 0.389. The van der Waals surface area contributed by atoms with Crippen molar-refractivity contribution < 1.29 is 0 Å². The van der Waals surface area contributed by atoms with Crippen molar-refractivity contribution in [1.82, 2.24) is 61.6 Å². The molecule has 4 aromatic heterocycles. The summed E-state index contributed by atoms with van der Waals surface area (Å²) >= 11 is 0. The lowest BCUT2D eigenvalue weighted by atomic mass is 10.2. The van der Waals surface area contributed by atoms with Gasteiger partial charge in [-0.25, -0.2) is 0 Å². The number of nitrogens with zero attached hydrogens (tertiary/aromatic N) is 12. The van der Waals surface area contributed by atoms with Crippen molar-refractivity contribution in [2.24, 2.45) is 0 Å². The van der Waals surface area contributed by atoms with Gasteiger partial charge < -0.3 is 0 Å². The van der Waals surface area contributed by atoms with Crippen molar-refractivity contribution in [2.45, 2.75) is 0 Å². The second-order valence-electron chi connectivity index (χ2n) is 3.61. The van der Waals surface area contributed by atoms with E-state index in [1.54, 1.807) is 0 Å². The molecule has 0 amide bonds. The van der Waals surface area contributed by atoms with Gasteiger partial charge in [0, 0.05) is 0 Å². The van der Waals surface area contributed by atoms with Gasteiger partial charge in [-0.1, -0.05) is 0 Å². The zero-order valence-electron chi connectivity index (χ0n) is 9.52. The van der Waals surface area contributed by atoms with Crippen molar-refractivity contribution in [3.63, 3.8) is 0 Å². The zero-order chi connectivity index (χ0) is 13.4. The van der Waals surface area contributed by atoms with Gasteiger partial charge >= 0.3 is 0 Å². The van der Waals surface area contributed by atoms with Crippen molar-refractivity contribution >= 4 is 22.1 Å². The van der Waals surface area contributed by atoms with Crippen LogP contribution in [-0.2, 0) is 0 Å². The summed E-state index contributed by atoms with van der Waals surface area (Å²) in [7, 11) is 0. The highest BCUT2D eigenvalue weighted by atomic mass is 15.4. The Hall–Kier alpha value is -3.44. The number of hydrogen-bond donors (Lipinski definition) is 0. The Balaban J connectivity index is 2.12. The SMILES string of the molecule is c1nnnc2c(-c3nnnc4cnnnc34)nnnc12. The maximum Gasteiger partial charge on any atom is 0.147 e. The Bertz CT molecular complexity index is 835. The van der Waals surface area contributed by atoms with Crippen LogP contribution in [0.2, 0.25) is 0 Å². The third kappa shape index (κ3) is 1.48. The van der Waals surface area contributed by atoms with Crippen LogP contribution < -0.4 is 0 Å². The molecular weight excluding hydrogens is 264 g/mol. The molecule has 0 aliphatic heterocycles. The fourth-order valence-electron chi connectivity index (χ4n) is 1.65. The van der Waals surface area contributed by atoms with Gasteiger partial charge in [-0.2, -0.15) is 0 Å². The van der Waals surface area contributed by atoms with Crippen molar-refractivity contribution in [3.05, 3.63) is 12.4 Å². The zero-order valence-corrected chi connectivity index (χ0v) is 9.52. The van der Waals surface area contributed by atoms with Crippen LogP contribution >= 0.6 is 0 Å². The molecule has 0 saturated carbocycles. The van der Waals surface area contributed by atoms with Gasteiger partial charge in [0.1, 0.15) is 33.5 Å². The topological polar surface area (TPSA) is 155 Å². The number of rotatable bonds is 1. The molecule has 12 heteroatoms. The van der Waals surface area contributed by atoms with Crippen LogP contribution in [0.3, 0.4) is 0 Å². The average molecular weight is 266 g/mol. The molecule has 94 valence electrons. The predicted octanol–water partition coefficient (Wildman–Crippen LogP) is -1.60. The van der Waals surface area contributed by atoms with Gasteiger partial charge in [0.2, 0.25) is 0 Å². The van der Waals surface area contributed by atoms with E-state index in [9.17, 15) is 0 Å². The average Bonchev–Trinajstić information content (AvgIpc) is 2.54. The van der Waals surface area contributed by atoms with Gasteiger partial charge in [0.15, 0.2) is 0 Å². The minimum Gasteiger partial charge on any atom is -0.136 e. The van der Waals surface area contributed by atoms with Crippen LogP contribution in [0.25, 0.3) is 33.5 Å². The summed E-state index contributed by atoms with van der Waals surface area (Å²) < 4.78 is 0. The molecule has 0 radical (unpaired) electrons. The van der Waals surface area contributed by atoms with E-state index >= 15 is 0 Å². The Labute approximate surface area is 108 Å². The standard InChI is InChI=1S/C8H2N12/c1-3-5(13-17-9-1)7(15-19-11-3)8-6-4(12-20-16-8)2-10-18-14-6/h1-2H. The molecule has 0 bridgehead atoms. The highest BCUT2D eigenvalue weighted by Gasteiger charge is 2.16. The van der Waals surface area contributed by atoms with Crippen LogP contribution in [0, 0.1) is 0 Å². The van der Waals surface area contributed by atoms with E-state index in [4.69, 9.17) is 0 Å². The highest BCUT2D eigenvalue weighted by Crippen LogP contribution is 2.23. The molecule has 4 aromatic rings. The predicted molar refractivity (Wildman–Crippen MR) is 60.4 cm³/mol. The monoisotopic (exact) mass is 266 g/mol. The summed E-state index contributed by atoms with van der Waals surface area (Å²) in [6, 6.07) is 0. The summed E-state index contributed by atoms with van der Waals surface area (Å²) in [5, 5.41) is 44.9. The first kappa shape index (κ1) is 10.5. The lowest BCUT2D eigenvalue weighted by Crippen LogP contribution is -2.03. The molecule has 0 saturated heterocycles.